The molecule has 2 N–H and O–H groups in total. The van der Waals surface area contributed by atoms with Gasteiger partial charge in [-0.1, -0.05) is 6.42 Å². The molecule has 0 unspecified atom stereocenters. The predicted molar refractivity (Wildman–Crippen MR) is 68.0 cm³/mol. The molecule has 0 spiro atoms. The van der Waals surface area contributed by atoms with Gasteiger partial charge in [0.1, 0.15) is 0 Å². The first kappa shape index (κ1) is 12.8. The Morgan fingerprint density at radius 2 is 2.33 bits per heavy atom. The summed E-state index contributed by atoms with van der Waals surface area (Å²) in [7, 11) is 0. The maximum Gasteiger partial charge on any atom is 0.254 e. The van der Waals surface area contributed by atoms with E-state index in [1.54, 1.807) is 0 Å². The molecule has 0 aliphatic heterocycles. The molecule has 0 bridgehead atoms. The number of aromatic nitrogens is 1. The van der Waals surface area contributed by atoms with E-state index in [1.165, 1.54) is 18.7 Å². The number of rotatable bonds is 5. The third kappa shape index (κ3) is 2.78. The molecule has 0 saturated heterocycles. The van der Waals surface area contributed by atoms with Gasteiger partial charge < -0.3 is 10.6 Å². The lowest BCUT2D eigenvalue weighted by molar-refractivity contribution is 0.0935. The maximum absolute atomic E-state index is 13.9. The quantitative estimate of drug-likeness (QED) is 0.843. The summed E-state index contributed by atoms with van der Waals surface area (Å²) in [6, 6.07) is 1.41. The van der Waals surface area contributed by atoms with Crippen LogP contribution in [0.25, 0.3) is 0 Å². The van der Waals surface area contributed by atoms with E-state index in [0.717, 1.165) is 12.8 Å². The van der Waals surface area contributed by atoms with Crippen molar-refractivity contribution in [2.45, 2.75) is 26.2 Å². The van der Waals surface area contributed by atoms with Gasteiger partial charge in [0.15, 0.2) is 11.6 Å². The van der Waals surface area contributed by atoms with E-state index in [-0.39, 0.29) is 17.3 Å². The molecule has 1 heterocycles. The number of pyridine rings is 1. The topological polar surface area (TPSA) is 54.0 Å². The van der Waals surface area contributed by atoms with Crippen LogP contribution in [0.4, 0.5) is 10.2 Å². The second-order valence-electron chi connectivity index (χ2n) is 4.56. The summed E-state index contributed by atoms with van der Waals surface area (Å²) in [5.74, 6) is -0.243. The van der Waals surface area contributed by atoms with E-state index in [0.29, 0.717) is 19.0 Å². The largest absolute Gasteiger partial charge is 0.368 e. The van der Waals surface area contributed by atoms with Crippen LogP contribution in [-0.2, 0) is 0 Å². The van der Waals surface area contributed by atoms with Gasteiger partial charge in [-0.25, -0.2) is 9.37 Å². The van der Waals surface area contributed by atoms with Crippen LogP contribution < -0.4 is 10.6 Å². The molecule has 0 aromatic carbocycles. The third-order valence-corrected chi connectivity index (χ3v) is 3.25. The molecular weight excluding hydrogens is 233 g/mol. The Bertz CT molecular complexity index is 432. The fraction of sp³-hybridized carbons (Fsp3) is 0.538. The molecule has 4 nitrogen and oxygen atoms in total. The van der Waals surface area contributed by atoms with Crippen LogP contribution in [0.15, 0.2) is 12.3 Å². The minimum atomic E-state index is -0.578. The monoisotopic (exact) mass is 251 g/mol. The highest BCUT2D eigenvalue weighted by molar-refractivity contribution is 5.95. The molecule has 0 radical (unpaired) electrons. The van der Waals surface area contributed by atoms with Crippen LogP contribution in [0.3, 0.4) is 0 Å². The van der Waals surface area contributed by atoms with Crippen molar-refractivity contribution in [3.8, 4) is 0 Å². The Morgan fingerprint density at radius 1 is 1.56 bits per heavy atom. The maximum atomic E-state index is 13.9. The first-order valence-electron chi connectivity index (χ1n) is 6.39. The molecule has 1 saturated carbocycles. The van der Waals surface area contributed by atoms with Crippen LogP contribution in [0, 0.1) is 11.7 Å². The van der Waals surface area contributed by atoms with E-state index >= 15 is 0 Å². The van der Waals surface area contributed by atoms with E-state index in [9.17, 15) is 9.18 Å². The van der Waals surface area contributed by atoms with Gasteiger partial charge in [0.25, 0.3) is 5.91 Å². The fourth-order valence-electron chi connectivity index (χ4n) is 1.94. The molecule has 18 heavy (non-hydrogen) atoms. The minimum Gasteiger partial charge on any atom is -0.368 e. The fourth-order valence-corrected chi connectivity index (χ4v) is 1.94. The number of carbonyl (C=O) groups is 1. The second-order valence-corrected chi connectivity index (χ2v) is 4.56. The highest BCUT2D eigenvalue weighted by Crippen LogP contribution is 2.25. The van der Waals surface area contributed by atoms with Crippen molar-refractivity contribution in [1.82, 2.24) is 10.3 Å². The predicted octanol–water partition coefficient (Wildman–Crippen LogP) is 2.18. The lowest BCUT2D eigenvalue weighted by Crippen LogP contribution is -2.32. The minimum absolute atomic E-state index is 0.0558. The van der Waals surface area contributed by atoms with Gasteiger partial charge in [-0.3, -0.25) is 4.79 Å². The molecule has 1 aromatic heterocycles. The molecule has 2 rings (SSSR count). The Morgan fingerprint density at radius 3 is 2.94 bits per heavy atom. The zero-order chi connectivity index (χ0) is 13.0. The van der Waals surface area contributed by atoms with Crippen molar-refractivity contribution in [1.29, 1.82) is 0 Å². The van der Waals surface area contributed by atoms with Crippen molar-refractivity contribution in [3.05, 3.63) is 23.6 Å². The standard InChI is InChI=1S/C13H18FN3O/c1-2-15-12-11(14)10(6-7-16-12)13(18)17-8-9-4-3-5-9/h6-7,9H,2-5,8H2,1H3,(H,15,16)(H,17,18). The zero-order valence-corrected chi connectivity index (χ0v) is 10.5. The summed E-state index contributed by atoms with van der Waals surface area (Å²) in [5, 5.41) is 5.57. The number of hydrogen-bond acceptors (Lipinski definition) is 3. The number of hydrogen-bond donors (Lipinski definition) is 2. The molecule has 98 valence electrons. The number of amides is 1. The summed E-state index contributed by atoms with van der Waals surface area (Å²) in [5.41, 5.74) is 0.0558. The van der Waals surface area contributed by atoms with Crippen LogP contribution in [-0.4, -0.2) is 24.0 Å². The Kier molecular flexibility index (Phi) is 4.12. The normalized spacial score (nSPS) is 15.0. The number of nitrogens with one attached hydrogen (secondary N) is 2. The second kappa shape index (κ2) is 5.80. The van der Waals surface area contributed by atoms with Gasteiger partial charge in [-0.15, -0.1) is 0 Å². The number of halogens is 1. The smallest absolute Gasteiger partial charge is 0.254 e. The summed E-state index contributed by atoms with van der Waals surface area (Å²) >= 11 is 0. The van der Waals surface area contributed by atoms with E-state index in [2.05, 4.69) is 15.6 Å². The van der Waals surface area contributed by atoms with Crippen LogP contribution >= 0.6 is 0 Å². The van der Waals surface area contributed by atoms with Gasteiger partial charge in [0.2, 0.25) is 0 Å². The number of anilines is 1. The molecule has 1 amide bonds. The average Bonchev–Trinajstić information content (AvgIpc) is 2.30. The first-order valence-corrected chi connectivity index (χ1v) is 6.39. The van der Waals surface area contributed by atoms with Crippen molar-refractivity contribution in [3.63, 3.8) is 0 Å². The van der Waals surface area contributed by atoms with Gasteiger partial charge in [-0.2, -0.15) is 0 Å². The molecular formula is C13H18FN3O. The lowest BCUT2D eigenvalue weighted by Gasteiger charge is -2.25. The van der Waals surface area contributed by atoms with E-state index in [4.69, 9.17) is 0 Å². The third-order valence-electron chi connectivity index (χ3n) is 3.25. The number of nitrogens with zero attached hydrogens (tertiary/aromatic N) is 1. The number of carbonyl (C=O) groups excluding carboxylic acids is 1. The Hall–Kier alpha value is -1.65. The average molecular weight is 251 g/mol. The Labute approximate surface area is 106 Å². The van der Waals surface area contributed by atoms with Gasteiger partial charge in [-0.05, 0) is 31.7 Å². The summed E-state index contributed by atoms with van der Waals surface area (Å²) in [6.45, 7) is 3.05. The molecule has 0 atom stereocenters. The SMILES string of the molecule is CCNc1nccc(C(=O)NCC2CCC2)c1F. The van der Waals surface area contributed by atoms with Crippen molar-refractivity contribution in [2.75, 3.05) is 18.4 Å². The highest BCUT2D eigenvalue weighted by atomic mass is 19.1. The Balaban J connectivity index is 2.01. The molecule has 5 heteroatoms. The van der Waals surface area contributed by atoms with Crippen LogP contribution in [0.1, 0.15) is 36.5 Å². The summed E-state index contributed by atoms with van der Waals surface area (Å²) in [6.07, 6.45) is 4.98. The lowest BCUT2D eigenvalue weighted by atomic mass is 9.85. The van der Waals surface area contributed by atoms with E-state index in [1.807, 2.05) is 6.92 Å². The van der Waals surface area contributed by atoms with Gasteiger partial charge >= 0.3 is 0 Å². The van der Waals surface area contributed by atoms with Crippen molar-refractivity contribution < 1.29 is 9.18 Å². The first-order chi connectivity index (χ1) is 8.72. The van der Waals surface area contributed by atoms with Gasteiger partial charge in [0.05, 0.1) is 5.56 Å². The summed E-state index contributed by atoms with van der Waals surface area (Å²) in [4.78, 5) is 15.7. The van der Waals surface area contributed by atoms with Gasteiger partial charge in [0, 0.05) is 19.3 Å². The zero-order valence-electron chi connectivity index (χ0n) is 10.5. The van der Waals surface area contributed by atoms with Crippen LogP contribution in [0.2, 0.25) is 0 Å². The van der Waals surface area contributed by atoms with Crippen LogP contribution in [0.5, 0.6) is 0 Å². The highest BCUT2D eigenvalue weighted by Gasteiger charge is 2.20. The molecule has 1 aliphatic rings. The van der Waals surface area contributed by atoms with Crippen molar-refractivity contribution in [2.24, 2.45) is 5.92 Å². The van der Waals surface area contributed by atoms with E-state index < -0.39 is 5.82 Å². The molecule has 1 fully saturated rings. The summed E-state index contributed by atoms with van der Waals surface area (Å²) < 4.78 is 13.9. The molecule has 1 aliphatic carbocycles. The van der Waals surface area contributed by atoms with Crippen molar-refractivity contribution >= 4 is 11.7 Å². The molecule has 1 aromatic rings.